The highest BCUT2D eigenvalue weighted by atomic mass is 79.9. The van der Waals surface area contributed by atoms with Crippen LogP contribution >= 0.6 is 15.9 Å². The van der Waals surface area contributed by atoms with E-state index < -0.39 is 16.4 Å². The second kappa shape index (κ2) is 4.51. The van der Waals surface area contributed by atoms with Crippen molar-refractivity contribution in [3.05, 3.63) is 35.4 Å². The molecular formula is C11H11BrO2. The van der Waals surface area contributed by atoms with Crippen LogP contribution in [-0.4, -0.2) is 11.6 Å². The first-order valence-electron chi connectivity index (χ1n) is 4.28. The van der Waals surface area contributed by atoms with Crippen molar-refractivity contribution in [2.75, 3.05) is 0 Å². The predicted molar refractivity (Wildman–Crippen MR) is 58.5 cm³/mol. The van der Waals surface area contributed by atoms with Crippen LogP contribution in [0, 0.1) is 6.92 Å². The summed E-state index contributed by atoms with van der Waals surface area (Å²) < 4.78 is 0. The molecule has 1 rings (SSSR count). The molecule has 0 N–H and O–H groups in total. The van der Waals surface area contributed by atoms with E-state index in [2.05, 4.69) is 15.9 Å². The SMILES string of the molecule is CC(=O)C(=O)C(Br)c1ccccc1C. The third-order valence-corrected chi connectivity index (χ3v) is 2.95. The zero-order chi connectivity index (χ0) is 10.7. The maximum absolute atomic E-state index is 11.4. The molecule has 0 aliphatic rings. The van der Waals surface area contributed by atoms with Gasteiger partial charge >= 0.3 is 0 Å². The lowest BCUT2D eigenvalue weighted by Crippen LogP contribution is -2.15. The number of carbonyl (C=O) groups excluding carboxylic acids is 2. The fourth-order valence-corrected chi connectivity index (χ4v) is 2.03. The number of hydrogen-bond donors (Lipinski definition) is 0. The normalized spacial score (nSPS) is 12.2. The van der Waals surface area contributed by atoms with Crippen LogP contribution in [-0.2, 0) is 9.59 Å². The van der Waals surface area contributed by atoms with Gasteiger partial charge in [0.25, 0.3) is 0 Å². The third-order valence-electron chi connectivity index (χ3n) is 2.04. The van der Waals surface area contributed by atoms with Gasteiger partial charge in [-0.1, -0.05) is 40.2 Å². The Balaban J connectivity index is 3.01. The Morgan fingerprint density at radius 2 is 1.86 bits per heavy atom. The fraction of sp³-hybridized carbons (Fsp3) is 0.273. The number of carbonyl (C=O) groups is 2. The number of halogens is 1. The average molecular weight is 255 g/mol. The van der Waals surface area contributed by atoms with E-state index in [1.54, 1.807) is 0 Å². The first-order valence-corrected chi connectivity index (χ1v) is 5.20. The minimum atomic E-state index is -0.513. The van der Waals surface area contributed by atoms with Crippen LogP contribution in [0.15, 0.2) is 24.3 Å². The molecule has 0 aromatic heterocycles. The van der Waals surface area contributed by atoms with Crippen LogP contribution in [0.2, 0.25) is 0 Å². The van der Waals surface area contributed by atoms with Gasteiger partial charge in [0.05, 0.1) is 0 Å². The van der Waals surface area contributed by atoms with Crippen molar-refractivity contribution >= 4 is 27.5 Å². The molecule has 3 heteroatoms. The summed E-state index contributed by atoms with van der Waals surface area (Å²) in [6, 6.07) is 7.51. The molecule has 0 fully saturated rings. The second-order valence-electron chi connectivity index (χ2n) is 3.14. The summed E-state index contributed by atoms with van der Waals surface area (Å²) in [5.41, 5.74) is 1.86. The summed E-state index contributed by atoms with van der Waals surface area (Å²) in [6.07, 6.45) is 0. The Morgan fingerprint density at radius 1 is 1.29 bits per heavy atom. The Bertz CT molecular complexity index is 371. The van der Waals surface area contributed by atoms with Gasteiger partial charge in [-0.05, 0) is 18.1 Å². The number of hydrogen-bond acceptors (Lipinski definition) is 2. The summed E-state index contributed by atoms with van der Waals surface area (Å²) in [7, 11) is 0. The van der Waals surface area contributed by atoms with E-state index in [4.69, 9.17) is 0 Å². The lowest BCUT2D eigenvalue weighted by Gasteiger charge is -2.09. The number of rotatable bonds is 3. The quantitative estimate of drug-likeness (QED) is 0.614. The third kappa shape index (κ3) is 2.29. The summed E-state index contributed by atoms with van der Waals surface area (Å²) >= 11 is 3.23. The van der Waals surface area contributed by atoms with Crippen LogP contribution < -0.4 is 0 Å². The van der Waals surface area contributed by atoms with E-state index >= 15 is 0 Å². The fourth-order valence-electron chi connectivity index (χ4n) is 1.19. The zero-order valence-electron chi connectivity index (χ0n) is 8.08. The highest BCUT2D eigenvalue weighted by molar-refractivity contribution is 9.09. The molecule has 0 bridgehead atoms. The first kappa shape index (κ1) is 11.1. The minimum Gasteiger partial charge on any atom is -0.291 e. The van der Waals surface area contributed by atoms with Gasteiger partial charge in [-0.15, -0.1) is 0 Å². The molecular weight excluding hydrogens is 244 g/mol. The van der Waals surface area contributed by atoms with Crippen molar-refractivity contribution in [3.63, 3.8) is 0 Å². The highest BCUT2D eigenvalue weighted by Crippen LogP contribution is 2.26. The van der Waals surface area contributed by atoms with E-state index in [1.165, 1.54) is 6.92 Å². The van der Waals surface area contributed by atoms with Gasteiger partial charge in [-0.2, -0.15) is 0 Å². The second-order valence-corrected chi connectivity index (χ2v) is 4.06. The number of ketones is 2. The lowest BCUT2D eigenvalue weighted by atomic mass is 10.0. The molecule has 0 amide bonds. The molecule has 1 unspecified atom stereocenters. The van der Waals surface area contributed by atoms with Crippen molar-refractivity contribution in [1.82, 2.24) is 0 Å². The van der Waals surface area contributed by atoms with Crippen molar-refractivity contribution in [3.8, 4) is 0 Å². The highest BCUT2D eigenvalue weighted by Gasteiger charge is 2.21. The van der Waals surface area contributed by atoms with E-state index in [9.17, 15) is 9.59 Å². The topological polar surface area (TPSA) is 34.1 Å². The summed E-state index contributed by atoms with van der Waals surface area (Å²) in [5.74, 6) is -0.825. The standard InChI is InChI=1S/C11H11BrO2/c1-7-5-3-4-6-9(7)10(12)11(14)8(2)13/h3-6,10H,1-2H3. The number of alkyl halides is 1. The van der Waals surface area contributed by atoms with Crippen LogP contribution in [0.25, 0.3) is 0 Å². The van der Waals surface area contributed by atoms with Gasteiger partial charge in [-0.3, -0.25) is 9.59 Å². The Labute approximate surface area is 91.4 Å². The van der Waals surface area contributed by atoms with E-state index in [0.29, 0.717) is 0 Å². The first-order chi connectivity index (χ1) is 6.54. The van der Waals surface area contributed by atoms with Crippen LogP contribution in [0.5, 0.6) is 0 Å². The van der Waals surface area contributed by atoms with E-state index in [1.807, 2.05) is 31.2 Å². The maximum atomic E-state index is 11.4. The molecule has 1 aromatic rings. The smallest absolute Gasteiger partial charge is 0.216 e. The van der Waals surface area contributed by atoms with Gasteiger partial charge in [0.1, 0.15) is 4.83 Å². The summed E-state index contributed by atoms with van der Waals surface area (Å²) in [5, 5.41) is 0. The van der Waals surface area contributed by atoms with Crippen molar-refractivity contribution in [1.29, 1.82) is 0 Å². The molecule has 0 heterocycles. The zero-order valence-corrected chi connectivity index (χ0v) is 9.67. The van der Waals surface area contributed by atoms with Crippen molar-refractivity contribution < 1.29 is 9.59 Å². The average Bonchev–Trinajstić information content (AvgIpc) is 2.16. The number of Topliss-reactive ketones (excluding diaryl/α,β-unsaturated/α-hetero) is 2. The van der Waals surface area contributed by atoms with E-state index in [0.717, 1.165) is 11.1 Å². The molecule has 2 nitrogen and oxygen atoms in total. The molecule has 1 aromatic carbocycles. The molecule has 0 aliphatic heterocycles. The predicted octanol–water partition coefficient (Wildman–Crippen LogP) is 2.59. The summed E-state index contributed by atoms with van der Waals surface area (Å²) in [4.78, 5) is 21.8. The Morgan fingerprint density at radius 3 is 2.36 bits per heavy atom. The van der Waals surface area contributed by atoms with Gasteiger partial charge in [0.2, 0.25) is 5.78 Å². The molecule has 0 spiro atoms. The Hall–Kier alpha value is -0.960. The van der Waals surface area contributed by atoms with Crippen LogP contribution in [0.4, 0.5) is 0 Å². The van der Waals surface area contributed by atoms with Gasteiger partial charge in [-0.25, -0.2) is 0 Å². The molecule has 0 saturated heterocycles. The van der Waals surface area contributed by atoms with Gasteiger partial charge in [0, 0.05) is 6.92 Å². The minimum absolute atomic E-state index is 0.403. The number of benzene rings is 1. The van der Waals surface area contributed by atoms with Crippen LogP contribution in [0.1, 0.15) is 22.9 Å². The van der Waals surface area contributed by atoms with Crippen molar-refractivity contribution in [2.45, 2.75) is 18.7 Å². The van der Waals surface area contributed by atoms with Gasteiger partial charge in [0.15, 0.2) is 5.78 Å². The molecule has 14 heavy (non-hydrogen) atoms. The molecule has 0 radical (unpaired) electrons. The Kier molecular flexibility index (Phi) is 3.58. The monoisotopic (exact) mass is 254 g/mol. The van der Waals surface area contributed by atoms with Gasteiger partial charge < -0.3 is 0 Å². The lowest BCUT2D eigenvalue weighted by molar-refractivity contribution is -0.135. The maximum Gasteiger partial charge on any atom is 0.216 e. The molecule has 0 aliphatic carbocycles. The molecule has 0 saturated carbocycles. The largest absolute Gasteiger partial charge is 0.291 e. The molecule has 1 atom stereocenters. The van der Waals surface area contributed by atoms with Crippen LogP contribution in [0.3, 0.4) is 0 Å². The molecule has 74 valence electrons. The number of aryl methyl sites for hydroxylation is 1. The van der Waals surface area contributed by atoms with E-state index in [-0.39, 0.29) is 0 Å². The summed E-state index contributed by atoms with van der Waals surface area (Å²) in [6.45, 7) is 3.20. The van der Waals surface area contributed by atoms with Crippen molar-refractivity contribution in [2.24, 2.45) is 0 Å².